The summed E-state index contributed by atoms with van der Waals surface area (Å²) < 4.78 is 37.2. The number of hydrogen-bond donors (Lipinski definition) is 2. The summed E-state index contributed by atoms with van der Waals surface area (Å²) in [5.41, 5.74) is 0.405. The molecule has 1 aliphatic rings. The van der Waals surface area contributed by atoms with Crippen LogP contribution in [0.5, 0.6) is 11.5 Å². The fraction of sp³-hybridized carbons (Fsp3) is 0.409. The van der Waals surface area contributed by atoms with Gasteiger partial charge in [-0.25, -0.2) is 8.42 Å². The third-order valence-electron chi connectivity index (χ3n) is 5.53. The Morgan fingerprint density at radius 1 is 1.21 bits per heavy atom. The van der Waals surface area contributed by atoms with Gasteiger partial charge in [0.2, 0.25) is 10.0 Å². The number of rotatable bonds is 9. The minimum atomic E-state index is -3.78. The van der Waals surface area contributed by atoms with E-state index in [1.807, 2.05) is 0 Å². The number of hydrogen-bond acceptors (Lipinski definition) is 8. The van der Waals surface area contributed by atoms with E-state index in [9.17, 15) is 23.3 Å². The van der Waals surface area contributed by atoms with Crippen molar-refractivity contribution in [3.8, 4) is 11.5 Å². The van der Waals surface area contributed by atoms with Gasteiger partial charge in [0.15, 0.2) is 11.5 Å². The van der Waals surface area contributed by atoms with E-state index in [1.54, 1.807) is 18.2 Å². The summed E-state index contributed by atoms with van der Waals surface area (Å²) in [7, 11) is -0.770. The normalized spacial score (nSPS) is 15.9. The molecule has 3 rings (SSSR count). The van der Waals surface area contributed by atoms with Gasteiger partial charge in [-0.05, 0) is 43.1 Å². The van der Waals surface area contributed by atoms with Crippen LogP contribution in [-0.4, -0.2) is 58.9 Å². The lowest BCUT2D eigenvalue weighted by Crippen LogP contribution is -2.49. The van der Waals surface area contributed by atoms with Crippen molar-refractivity contribution in [1.82, 2.24) is 10.6 Å². The molecule has 11 nitrogen and oxygen atoms in total. The number of non-ortho nitro benzene ring substituents is 1. The highest BCUT2D eigenvalue weighted by atomic mass is 32.2. The van der Waals surface area contributed by atoms with E-state index in [-0.39, 0.29) is 23.5 Å². The highest BCUT2D eigenvalue weighted by Gasteiger charge is 2.32. The Hall–Kier alpha value is -3.38. The topological polar surface area (TPSA) is 140 Å². The maximum Gasteiger partial charge on any atom is 0.270 e. The maximum absolute atomic E-state index is 13.2. The van der Waals surface area contributed by atoms with E-state index in [0.29, 0.717) is 30.0 Å². The molecule has 1 saturated heterocycles. The summed E-state index contributed by atoms with van der Waals surface area (Å²) in [6.07, 6.45) is 2.43. The summed E-state index contributed by atoms with van der Waals surface area (Å²) in [6.45, 7) is 1.27. The number of carbonyl (C=O) groups is 1. The Morgan fingerprint density at radius 3 is 2.53 bits per heavy atom. The third-order valence-corrected chi connectivity index (χ3v) is 6.74. The molecule has 184 valence electrons. The van der Waals surface area contributed by atoms with Crippen molar-refractivity contribution < 1.29 is 27.6 Å². The highest BCUT2D eigenvalue weighted by Crippen LogP contribution is 2.31. The van der Waals surface area contributed by atoms with Gasteiger partial charge in [0.25, 0.3) is 11.6 Å². The zero-order valence-corrected chi connectivity index (χ0v) is 20.1. The largest absolute Gasteiger partial charge is 0.493 e. The SMILES string of the molecule is COc1ccc(CNC(=O)c2cc([N+](=O)[O-])ccc2N(C2CCCNC2)S(C)(=O)=O)cc1OC. The molecule has 2 N–H and O–H groups in total. The minimum Gasteiger partial charge on any atom is -0.493 e. The highest BCUT2D eigenvalue weighted by molar-refractivity contribution is 7.92. The van der Waals surface area contributed by atoms with Crippen LogP contribution in [0, 0.1) is 10.1 Å². The number of benzene rings is 2. The molecule has 0 saturated carbocycles. The van der Waals surface area contributed by atoms with Gasteiger partial charge in [0.1, 0.15) is 0 Å². The van der Waals surface area contributed by atoms with Gasteiger partial charge in [0.05, 0.1) is 42.7 Å². The molecule has 1 unspecified atom stereocenters. The van der Waals surface area contributed by atoms with Gasteiger partial charge >= 0.3 is 0 Å². The van der Waals surface area contributed by atoms with Crippen LogP contribution in [0.1, 0.15) is 28.8 Å². The Labute approximate surface area is 198 Å². The predicted molar refractivity (Wildman–Crippen MR) is 127 cm³/mol. The summed E-state index contributed by atoms with van der Waals surface area (Å²) in [4.78, 5) is 23.9. The number of nitro benzene ring substituents is 1. The average Bonchev–Trinajstić information content (AvgIpc) is 2.82. The van der Waals surface area contributed by atoms with Crippen molar-refractivity contribution in [1.29, 1.82) is 0 Å². The van der Waals surface area contributed by atoms with Crippen LogP contribution in [0.3, 0.4) is 0 Å². The molecule has 1 heterocycles. The van der Waals surface area contributed by atoms with Crippen LogP contribution in [0.4, 0.5) is 11.4 Å². The molecule has 34 heavy (non-hydrogen) atoms. The monoisotopic (exact) mass is 492 g/mol. The molecule has 2 aromatic rings. The molecular weight excluding hydrogens is 464 g/mol. The van der Waals surface area contributed by atoms with Gasteiger partial charge in [0, 0.05) is 25.2 Å². The van der Waals surface area contributed by atoms with Crippen molar-refractivity contribution in [2.75, 3.05) is 37.9 Å². The minimum absolute atomic E-state index is 0.0885. The first kappa shape index (κ1) is 25.2. The average molecular weight is 493 g/mol. The van der Waals surface area contributed by atoms with Crippen LogP contribution in [0.2, 0.25) is 0 Å². The van der Waals surface area contributed by atoms with Crippen LogP contribution >= 0.6 is 0 Å². The molecule has 0 aromatic heterocycles. The third kappa shape index (κ3) is 5.75. The second kappa shape index (κ2) is 10.7. The van der Waals surface area contributed by atoms with Crippen molar-refractivity contribution in [3.05, 3.63) is 57.6 Å². The molecular formula is C22H28N4O7S. The molecule has 1 amide bonds. The zero-order valence-electron chi connectivity index (χ0n) is 19.2. The summed E-state index contributed by atoms with van der Waals surface area (Å²) in [6, 6.07) is 8.35. The van der Waals surface area contributed by atoms with Crippen molar-refractivity contribution in [3.63, 3.8) is 0 Å². The van der Waals surface area contributed by atoms with Crippen LogP contribution in [0.15, 0.2) is 36.4 Å². The van der Waals surface area contributed by atoms with Crippen molar-refractivity contribution >= 4 is 27.3 Å². The molecule has 1 atom stereocenters. The Balaban J connectivity index is 1.96. The maximum atomic E-state index is 13.2. The first-order chi connectivity index (χ1) is 16.2. The van der Waals surface area contributed by atoms with Crippen LogP contribution in [0.25, 0.3) is 0 Å². The zero-order chi connectivity index (χ0) is 24.9. The number of sulfonamides is 1. The number of amides is 1. The van der Waals surface area contributed by atoms with E-state index < -0.39 is 26.9 Å². The second-order valence-corrected chi connectivity index (χ2v) is 9.75. The fourth-order valence-corrected chi connectivity index (χ4v) is 5.20. The number of piperidine rings is 1. The first-order valence-corrected chi connectivity index (χ1v) is 12.5. The number of nitro groups is 1. The molecule has 1 fully saturated rings. The lowest BCUT2D eigenvalue weighted by Gasteiger charge is -2.35. The molecule has 2 aromatic carbocycles. The van der Waals surface area contributed by atoms with Crippen molar-refractivity contribution in [2.24, 2.45) is 0 Å². The van der Waals surface area contributed by atoms with E-state index in [2.05, 4.69) is 10.6 Å². The van der Waals surface area contributed by atoms with E-state index in [0.717, 1.165) is 25.3 Å². The molecule has 1 aliphatic heterocycles. The Kier molecular flexibility index (Phi) is 7.94. The second-order valence-electron chi connectivity index (χ2n) is 7.89. The van der Waals surface area contributed by atoms with Gasteiger partial charge < -0.3 is 20.1 Å². The van der Waals surface area contributed by atoms with Gasteiger partial charge in [-0.1, -0.05) is 6.07 Å². The van der Waals surface area contributed by atoms with Gasteiger partial charge in [-0.3, -0.25) is 19.2 Å². The van der Waals surface area contributed by atoms with Crippen molar-refractivity contribution in [2.45, 2.75) is 25.4 Å². The standard InChI is InChI=1S/C22H28N4O7S/c1-32-20-9-6-15(11-21(20)33-2)13-24-22(27)18-12-16(26(28)29)7-8-19(18)25(34(3,30)31)17-5-4-10-23-14-17/h6-9,11-12,17,23H,4-5,10,13-14H2,1-3H3,(H,24,27). The van der Waals surface area contributed by atoms with E-state index in [4.69, 9.17) is 9.47 Å². The van der Waals surface area contributed by atoms with Crippen LogP contribution in [-0.2, 0) is 16.6 Å². The molecule has 0 bridgehead atoms. The van der Waals surface area contributed by atoms with Crippen LogP contribution < -0.4 is 24.4 Å². The lowest BCUT2D eigenvalue weighted by atomic mass is 10.0. The molecule has 0 spiro atoms. The Morgan fingerprint density at radius 2 is 1.94 bits per heavy atom. The number of anilines is 1. The summed E-state index contributed by atoms with van der Waals surface area (Å²) in [5.74, 6) is 0.382. The Bertz CT molecular complexity index is 1160. The predicted octanol–water partition coefficient (Wildman–Crippen LogP) is 2.06. The number of methoxy groups -OCH3 is 2. The van der Waals surface area contributed by atoms with E-state index >= 15 is 0 Å². The fourth-order valence-electron chi connectivity index (χ4n) is 3.96. The number of nitrogens with one attached hydrogen (secondary N) is 2. The smallest absolute Gasteiger partial charge is 0.270 e. The lowest BCUT2D eigenvalue weighted by molar-refractivity contribution is -0.384. The molecule has 0 aliphatic carbocycles. The number of ether oxygens (including phenoxy) is 2. The van der Waals surface area contributed by atoms with Gasteiger partial charge in [-0.15, -0.1) is 0 Å². The number of nitrogens with zero attached hydrogens (tertiary/aromatic N) is 2. The molecule has 0 radical (unpaired) electrons. The number of carbonyl (C=O) groups excluding carboxylic acids is 1. The summed E-state index contributed by atoms with van der Waals surface area (Å²) in [5, 5.41) is 17.3. The quantitative estimate of drug-likeness (QED) is 0.400. The van der Waals surface area contributed by atoms with Gasteiger partial charge in [-0.2, -0.15) is 0 Å². The van der Waals surface area contributed by atoms with E-state index in [1.165, 1.54) is 30.7 Å². The summed E-state index contributed by atoms with van der Waals surface area (Å²) >= 11 is 0. The first-order valence-electron chi connectivity index (χ1n) is 10.6. The molecule has 12 heteroatoms.